The Balaban J connectivity index is 0.00000243. The van der Waals surface area contributed by atoms with Gasteiger partial charge >= 0.3 is 0 Å². The van der Waals surface area contributed by atoms with Gasteiger partial charge in [0.15, 0.2) is 0 Å². The minimum atomic E-state index is -3.75. The zero-order chi connectivity index (χ0) is 18.0. The van der Waals surface area contributed by atoms with Crippen LogP contribution in [0.15, 0.2) is 23.1 Å². The fraction of sp³-hybridized carbons (Fsp3) is 0.562. The summed E-state index contributed by atoms with van der Waals surface area (Å²) >= 11 is 6.13. The second kappa shape index (κ2) is 8.75. The summed E-state index contributed by atoms with van der Waals surface area (Å²) in [6.07, 6.45) is 1.52. The average Bonchev–Trinajstić information content (AvgIpc) is 2.62. The third kappa shape index (κ3) is 4.26. The van der Waals surface area contributed by atoms with Crippen LogP contribution in [-0.4, -0.2) is 69.4 Å². The van der Waals surface area contributed by atoms with Gasteiger partial charge in [-0.3, -0.25) is 4.79 Å². The van der Waals surface area contributed by atoms with Crippen molar-refractivity contribution in [1.82, 2.24) is 14.5 Å². The van der Waals surface area contributed by atoms with Crippen molar-refractivity contribution in [2.45, 2.75) is 23.8 Å². The van der Waals surface area contributed by atoms with Crippen molar-refractivity contribution < 1.29 is 17.9 Å². The predicted molar refractivity (Wildman–Crippen MR) is 102 cm³/mol. The average molecular weight is 424 g/mol. The zero-order valence-corrected chi connectivity index (χ0v) is 16.9. The van der Waals surface area contributed by atoms with Crippen LogP contribution >= 0.6 is 24.0 Å². The number of hydrogen-bond acceptors (Lipinski definition) is 5. The van der Waals surface area contributed by atoms with E-state index in [0.29, 0.717) is 38.3 Å². The van der Waals surface area contributed by atoms with Crippen LogP contribution in [0.2, 0.25) is 5.02 Å². The summed E-state index contributed by atoms with van der Waals surface area (Å²) in [6.45, 7) is 2.37. The standard InChI is InChI=1S/C16H22ClN3O4S.ClH/c1-24-13-4-5-14(17)15(9-13)25(22,23)19-7-2-3-12(11-19)20-8-6-18-10-16(20)21;/h4-5,9,12,18H,2-3,6-8,10-11H2,1H3;1H. The van der Waals surface area contributed by atoms with Crippen molar-refractivity contribution in [3.8, 4) is 5.75 Å². The van der Waals surface area contributed by atoms with Crippen LogP contribution in [0.3, 0.4) is 0 Å². The van der Waals surface area contributed by atoms with Gasteiger partial charge in [-0.25, -0.2) is 8.42 Å². The number of nitrogens with one attached hydrogen (secondary N) is 1. The first kappa shape index (κ1) is 21.2. The number of halogens is 2. The first-order chi connectivity index (χ1) is 11.9. The number of sulfonamides is 1. The number of piperazine rings is 1. The number of piperidine rings is 1. The first-order valence-electron chi connectivity index (χ1n) is 8.27. The highest BCUT2D eigenvalue weighted by Gasteiger charge is 2.36. The number of hydrogen-bond donors (Lipinski definition) is 1. The molecule has 0 bridgehead atoms. The number of rotatable bonds is 4. The molecule has 2 saturated heterocycles. The van der Waals surface area contributed by atoms with E-state index in [2.05, 4.69) is 5.32 Å². The highest BCUT2D eigenvalue weighted by Crippen LogP contribution is 2.30. The van der Waals surface area contributed by atoms with E-state index in [1.54, 1.807) is 11.0 Å². The number of nitrogens with zero attached hydrogens (tertiary/aromatic N) is 2. The Morgan fingerprint density at radius 1 is 1.31 bits per heavy atom. The molecule has 2 heterocycles. The highest BCUT2D eigenvalue weighted by molar-refractivity contribution is 7.89. The van der Waals surface area contributed by atoms with Crippen LogP contribution in [-0.2, 0) is 14.8 Å². The molecule has 0 aliphatic carbocycles. The molecule has 26 heavy (non-hydrogen) atoms. The summed E-state index contributed by atoms with van der Waals surface area (Å²) in [5, 5.41) is 3.20. The molecule has 0 radical (unpaired) electrons. The SMILES string of the molecule is COc1ccc(Cl)c(S(=O)(=O)N2CCCC(N3CCNCC3=O)C2)c1.Cl. The van der Waals surface area contributed by atoms with E-state index in [9.17, 15) is 13.2 Å². The van der Waals surface area contributed by atoms with Crippen LogP contribution < -0.4 is 10.1 Å². The molecule has 146 valence electrons. The van der Waals surface area contributed by atoms with Crippen LogP contribution in [0.4, 0.5) is 0 Å². The number of carbonyl (C=O) groups is 1. The molecular weight excluding hydrogens is 401 g/mol. The lowest BCUT2D eigenvalue weighted by Crippen LogP contribution is -2.57. The van der Waals surface area contributed by atoms with E-state index in [-0.39, 0.29) is 34.3 Å². The maximum atomic E-state index is 13.1. The fourth-order valence-corrected chi connectivity index (χ4v) is 5.35. The quantitative estimate of drug-likeness (QED) is 0.790. The molecule has 1 amide bonds. The Morgan fingerprint density at radius 2 is 2.08 bits per heavy atom. The van der Waals surface area contributed by atoms with Crippen molar-refractivity contribution in [3.05, 3.63) is 23.2 Å². The lowest BCUT2D eigenvalue weighted by atomic mass is 10.1. The summed E-state index contributed by atoms with van der Waals surface area (Å²) in [5.74, 6) is 0.462. The molecule has 2 aliphatic rings. The molecule has 0 aromatic heterocycles. The van der Waals surface area contributed by atoms with Gasteiger partial charge in [0.1, 0.15) is 10.6 Å². The Hall–Kier alpha value is -1.06. The Labute approximate surface area is 165 Å². The third-order valence-corrected chi connectivity index (χ3v) is 7.03. The summed E-state index contributed by atoms with van der Waals surface area (Å²) in [6, 6.07) is 4.49. The normalized spacial score (nSPS) is 22.0. The minimum absolute atomic E-state index is 0. The summed E-state index contributed by atoms with van der Waals surface area (Å²) in [5.41, 5.74) is 0. The van der Waals surface area contributed by atoms with Crippen molar-refractivity contribution in [2.24, 2.45) is 0 Å². The van der Waals surface area contributed by atoms with Gasteiger partial charge in [-0.15, -0.1) is 12.4 Å². The molecule has 7 nitrogen and oxygen atoms in total. The minimum Gasteiger partial charge on any atom is -0.497 e. The van der Waals surface area contributed by atoms with Gasteiger partial charge in [-0.1, -0.05) is 11.6 Å². The molecule has 2 aliphatic heterocycles. The second-order valence-corrected chi connectivity index (χ2v) is 8.53. The lowest BCUT2D eigenvalue weighted by Gasteiger charge is -2.40. The van der Waals surface area contributed by atoms with Gasteiger partial charge in [-0.2, -0.15) is 4.31 Å². The van der Waals surface area contributed by atoms with E-state index in [0.717, 1.165) is 13.0 Å². The number of benzene rings is 1. The van der Waals surface area contributed by atoms with E-state index >= 15 is 0 Å². The number of amides is 1. The van der Waals surface area contributed by atoms with Crippen molar-refractivity contribution in [1.29, 1.82) is 0 Å². The van der Waals surface area contributed by atoms with Gasteiger partial charge < -0.3 is 15.0 Å². The molecule has 0 saturated carbocycles. The Bertz CT molecular complexity index is 760. The highest BCUT2D eigenvalue weighted by atomic mass is 35.5. The molecule has 1 aromatic rings. The maximum Gasteiger partial charge on any atom is 0.244 e. The number of ether oxygens (including phenoxy) is 1. The third-order valence-electron chi connectivity index (χ3n) is 4.68. The molecule has 1 atom stereocenters. The molecule has 1 N–H and O–H groups in total. The monoisotopic (exact) mass is 423 g/mol. The van der Waals surface area contributed by atoms with Gasteiger partial charge in [0.25, 0.3) is 0 Å². The fourth-order valence-electron chi connectivity index (χ4n) is 3.35. The van der Waals surface area contributed by atoms with Gasteiger partial charge in [0.2, 0.25) is 15.9 Å². The van der Waals surface area contributed by atoms with E-state index in [1.807, 2.05) is 0 Å². The summed E-state index contributed by atoms with van der Waals surface area (Å²) < 4.78 is 32.7. The summed E-state index contributed by atoms with van der Waals surface area (Å²) in [4.78, 5) is 14.0. The second-order valence-electron chi connectivity index (χ2n) is 6.22. The predicted octanol–water partition coefficient (Wildman–Crippen LogP) is 1.36. The van der Waals surface area contributed by atoms with Crippen molar-refractivity contribution in [2.75, 3.05) is 39.8 Å². The largest absolute Gasteiger partial charge is 0.497 e. The smallest absolute Gasteiger partial charge is 0.244 e. The molecule has 0 spiro atoms. The first-order valence-corrected chi connectivity index (χ1v) is 10.1. The van der Waals surface area contributed by atoms with E-state index in [4.69, 9.17) is 16.3 Å². The van der Waals surface area contributed by atoms with E-state index in [1.165, 1.54) is 23.5 Å². The van der Waals surface area contributed by atoms with Crippen molar-refractivity contribution >= 4 is 39.9 Å². The number of carbonyl (C=O) groups excluding carboxylic acids is 1. The molecular formula is C16H23Cl2N3O4S. The zero-order valence-electron chi connectivity index (χ0n) is 14.5. The number of methoxy groups -OCH3 is 1. The molecule has 10 heteroatoms. The topological polar surface area (TPSA) is 79.0 Å². The molecule has 3 rings (SSSR count). The molecule has 2 fully saturated rings. The molecule has 1 unspecified atom stereocenters. The summed E-state index contributed by atoms with van der Waals surface area (Å²) in [7, 11) is -2.27. The van der Waals surface area contributed by atoms with E-state index < -0.39 is 10.0 Å². The maximum absolute atomic E-state index is 13.1. The van der Waals surface area contributed by atoms with Crippen LogP contribution in [0.25, 0.3) is 0 Å². The lowest BCUT2D eigenvalue weighted by molar-refractivity contribution is -0.135. The van der Waals surface area contributed by atoms with Gasteiger partial charge in [0, 0.05) is 38.3 Å². The van der Waals surface area contributed by atoms with Crippen LogP contribution in [0.5, 0.6) is 5.75 Å². The Kier molecular flexibility index (Phi) is 7.15. The van der Waals surface area contributed by atoms with Crippen LogP contribution in [0, 0.1) is 0 Å². The van der Waals surface area contributed by atoms with Crippen LogP contribution in [0.1, 0.15) is 12.8 Å². The van der Waals surface area contributed by atoms with Crippen molar-refractivity contribution in [3.63, 3.8) is 0 Å². The molecule has 1 aromatic carbocycles. The van der Waals surface area contributed by atoms with Gasteiger partial charge in [-0.05, 0) is 25.0 Å². The Morgan fingerprint density at radius 3 is 2.77 bits per heavy atom. The van der Waals surface area contributed by atoms with Gasteiger partial charge in [0.05, 0.1) is 18.7 Å².